The summed E-state index contributed by atoms with van der Waals surface area (Å²) in [4.78, 5) is 16.5. The zero-order valence-corrected chi connectivity index (χ0v) is 14.4. The third-order valence-electron chi connectivity index (χ3n) is 4.34. The predicted molar refractivity (Wildman–Crippen MR) is 98.2 cm³/mol. The van der Waals surface area contributed by atoms with Gasteiger partial charge < -0.3 is 10.6 Å². The second kappa shape index (κ2) is 8.56. The van der Waals surface area contributed by atoms with Crippen LogP contribution in [0.1, 0.15) is 42.5 Å². The largest absolute Gasteiger partial charge is 0.370 e. The van der Waals surface area contributed by atoms with Gasteiger partial charge in [-0.3, -0.25) is 4.79 Å². The van der Waals surface area contributed by atoms with E-state index in [0.717, 1.165) is 37.9 Å². The number of rotatable bonds is 6. The molecule has 1 aromatic heterocycles. The van der Waals surface area contributed by atoms with Gasteiger partial charge in [-0.15, -0.1) is 0 Å². The van der Waals surface area contributed by atoms with Crippen molar-refractivity contribution in [1.82, 2.24) is 4.98 Å². The number of aromatic nitrogens is 1. The van der Waals surface area contributed by atoms with Crippen molar-refractivity contribution < 1.29 is 13.6 Å². The fourth-order valence-electron chi connectivity index (χ4n) is 2.94. The summed E-state index contributed by atoms with van der Waals surface area (Å²) in [6.45, 7) is 0.747. The van der Waals surface area contributed by atoms with E-state index in [1.807, 2.05) is 0 Å². The summed E-state index contributed by atoms with van der Waals surface area (Å²) in [5.74, 6) is -1.39. The Labute approximate surface area is 151 Å². The number of pyridine rings is 1. The lowest BCUT2D eigenvalue weighted by Gasteiger charge is -2.13. The number of allylic oxidation sites excluding steroid dienone is 1. The molecule has 2 N–H and O–H groups in total. The van der Waals surface area contributed by atoms with Gasteiger partial charge in [0.15, 0.2) is 0 Å². The fraction of sp³-hybridized carbons (Fsp3) is 0.300. The standard InChI is InChI=1S/C20H21F2N3O/c21-16-6-7-18(17(22)13-16)25-20(26)15-9-11-24-19(12-15)23-10-8-14-4-2-1-3-5-14/h4,6-7,9,11-13H,1-3,5,8,10H2,(H,23,24)(H,25,26). The maximum atomic E-state index is 13.7. The van der Waals surface area contributed by atoms with E-state index in [-0.39, 0.29) is 5.69 Å². The average Bonchev–Trinajstić information content (AvgIpc) is 2.65. The molecular formula is C20H21F2N3O. The molecular weight excluding hydrogens is 336 g/mol. The summed E-state index contributed by atoms with van der Waals surface area (Å²) in [7, 11) is 0. The smallest absolute Gasteiger partial charge is 0.255 e. The van der Waals surface area contributed by atoms with Crippen LogP contribution < -0.4 is 10.6 Å². The first-order chi connectivity index (χ1) is 12.6. The number of nitrogens with zero attached hydrogens (tertiary/aromatic N) is 1. The van der Waals surface area contributed by atoms with E-state index in [2.05, 4.69) is 21.7 Å². The van der Waals surface area contributed by atoms with Crippen LogP contribution in [-0.4, -0.2) is 17.4 Å². The molecule has 1 amide bonds. The maximum absolute atomic E-state index is 13.7. The molecule has 1 aromatic carbocycles. The van der Waals surface area contributed by atoms with Crippen molar-refractivity contribution in [2.45, 2.75) is 32.1 Å². The van der Waals surface area contributed by atoms with E-state index in [1.54, 1.807) is 12.1 Å². The molecule has 2 aromatic rings. The minimum atomic E-state index is -0.813. The molecule has 0 unspecified atom stereocenters. The van der Waals surface area contributed by atoms with Crippen molar-refractivity contribution in [3.63, 3.8) is 0 Å². The molecule has 1 heterocycles. The average molecular weight is 357 g/mol. The van der Waals surface area contributed by atoms with Crippen LogP contribution in [0.4, 0.5) is 20.3 Å². The topological polar surface area (TPSA) is 54.0 Å². The highest BCUT2D eigenvalue weighted by Gasteiger charge is 2.11. The normalized spacial score (nSPS) is 13.8. The van der Waals surface area contributed by atoms with Crippen molar-refractivity contribution in [2.24, 2.45) is 0 Å². The molecule has 1 aliphatic rings. The van der Waals surface area contributed by atoms with Crippen molar-refractivity contribution in [2.75, 3.05) is 17.2 Å². The highest BCUT2D eigenvalue weighted by atomic mass is 19.1. The minimum absolute atomic E-state index is 0.0630. The van der Waals surface area contributed by atoms with E-state index in [9.17, 15) is 13.6 Å². The number of halogens is 2. The van der Waals surface area contributed by atoms with Crippen molar-refractivity contribution in [1.29, 1.82) is 0 Å². The maximum Gasteiger partial charge on any atom is 0.255 e. The van der Waals surface area contributed by atoms with Gasteiger partial charge in [0.25, 0.3) is 5.91 Å². The summed E-state index contributed by atoms with van der Waals surface area (Å²) < 4.78 is 26.6. The van der Waals surface area contributed by atoms with Gasteiger partial charge in [-0.05, 0) is 56.4 Å². The number of benzene rings is 1. The SMILES string of the molecule is O=C(Nc1ccc(F)cc1F)c1ccnc(NCCC2=CCCCC2)c1. The number of carbonyl (C=O) groups is 1. The Morgan fingerprint density at radius 2 is 2.04 bits per heavy atom. The van der Waals surface area contributed by atoms with E-state index in [4.69, 9.17) is 0 Å². The molecule has 136 valence electrons. The summed E-state index contributed by atoms with van der Waals surface area (Å²) in [5.41, 5.74) is 1.75. The van der Waals surface area contributed by atoms with Crippen molar-refractivity contribution >= 4 is 17.4 Å². The molecule has 0 saturated heterocycles. The van der Waals surface area contributed by atoms with Crippen LogP contribution in [0, 0.1) is 11.6 Å². The molecule has 0 aliphatic heterocycles. The molecule has 4 nitrogen and oxygen atoms in total. The van der Waals surface area contributed by atoms with Crippen LogP contribution in [0.3, 0.4) is 0 Å². The van der Waals surface area contributed by atoms with Gasteiger partial charge in [0.2, 0.25) is 0 Å². The summed E-state index contributed by atoms with van der Waals surface area (Å²) in [6.07, 6.45) is 9.62. The Balaban J connectivity index is 1.59. The molecule has 1 aliphatic carbocycles. The van der Waals surface area contributed by atoms with Gasteiger partial charge in [0, 0.05) is 24.4 Å². The highest BCUT2D eigenvalue weighted by molar-refractivity contribution is 6.04. The number of amides is 1. The second-order valence-corrected chi connectivity index (χ2v) is 6.29. The van der Waals surface area contributed by atoms with Crippen LogP contribution in [-0.2, 0) is 0 Å². The second-order valence-electron chi connectivity index (χ2n) is 6.29. The summed E-state index contributed by atoms with van der Waals surface area (Å²) in [6, 6.07) is 6.19. The third-order valence-corrected chi connectivity index (χ3v) is 4.34. The molecule has 0 fully saturated rings. The van der Waals surface area contributed by atoms with Crippen LogP contribution >= 0.6 is 0 Å². The lowest BCUT2D eigenvalue weighted by Crippen LogP contribution is -2.14. The third kappa shape index (κ3) is 4.88. The number of nitrogens with one attached hydrogen (secondary N) is 2. The Morgan fingerprint density at radius 1 is 1.15 bits per heavy atom. The zero-order valence-electron chi connectivity index (χ0n) is 14.4. The summed E-state index contributed by atoms with van der Waals surface area (Å²) in [5, 5.41) is 5.66. The Morgan fingerprint density at radius 3 is 2.81 bits per heavy atom. The van der Waals surface area contributed by atoms with Crippen LogP contribution in [0.5, 0.6) is 0 Å². The molecule has 0 atom stereocenters. The first-order valence-corrected chi connectivity index (χ1v) is 8.76. The van der Waals surface area contributed by atoms with Crippen molar-refractivity contribution in [3.8, 4) is 0 Å². The van der Waals surface area contributed by atoms with E-state index < -0.39 is 17.5 Å². The van der Waals surface area contributed by atoms with Gasteiger partial charge >= 0.3 is 0 Å². The number of hydrogen-bond acceptors (Lipinski definition) is 3. The van der Waals surface area contributed by atoms with Gasteiger partial charge in [0.05, 0.1) is 5.69 Å². The number of hydrogen-bond donors (Lipinski definition) is 2. The molecule has 26 heavy (non-hydrogen) atoms. The van der Waals surface area contributed by atoms with Gasteiger partial charge in [-0.1, -0.05) is 11.6 Å². The molecule has 0 bridgehead atoms. The Bertz CT molecular complexity index is 820. The van der Waals surface area contributed by atoms with Crippen molar-refractivity contribution in [3.05, 3.63) is 65.4 Å². The van der Waals surface area contributed by atoms with Crippen LogP contribution in [0.25, 0.3) is 0 Å². The van der Waals surface area contributed by atoms with Crippen LogP contribution in [0.15, 0.2) is 48.2 Å². The Hall–Kier alpha value is -2.76. The quantitative estimate of drug-likeness (QED) is 0.722. The zero-order chi connectivity index (χ0) is 18.4. The van der Waals surface area contributed by atoms with E-state index in [0.29, 0.717) is 11.4 Å². The monoisotopic (exact) mass is 357 g/mol. The van der Waals surface area contributed by atoms with Gasteiger partial charge in [0.1, 0.15) is 17.5 Å². The predicted octanol–water partition coefficient (Wildman–Crippen LogP) is 4.91. The number of anilines is 2. The van der Waals surface area contributed by atoms with Crippen LogP contribution in [0.2, 0.25) is 0 Å². The minimum Gasteiger partial charge on any atom is -0.370 e. The van der Waals surface area contributed by atoms with E-state index in [1.165, 1.54) is 30.7 Å². The molecule has 0 spiro atoms. The lowest BCUT2D eigenvalue weighted by molar-refractivity contribution is 0.102. The Kier molecular flexibility index (Phi) is 5.94. The molecule has 0 saturated carbocycles. The van der Waals surface area contributed by atoms with E-state index >= 15 is 0 Å². The lowest BCUT2D eigenvalue weighted by atomic mass is 9.97. The molecule has 3 rings (SSSR count). The number of carbonyl (C=O) groups excluding carboxylic acids is 1. The first-order valence-electron chi connectivity index (χ1n) is 8.76. The summed E-state index contributed by atoms with van der Waals surface area (Å²) >= 11 is 0. The molecule has 0 radical (unpaired) electrons. The van der Waals surface area contributed by atoms with Gasteiger partial charge in [-0.25, -0.2) is 13.8 Å². The van der Waals surface area contributed by atoms with Gasteiger partial charge in [-0.2, -0.15) is 0 Å². The molecule has 6 heteroatoms. The first kappa shape index (κ1) is 18.0. The highest BCUT2D eigenvalue weighted by Crippen LogP contribution is 2.20. The fourth-order valence-corrected chi connectivity index (χ4v) is 2.94.